The fraction of sp³-hybridized carbons (Fsp3) is 1.00. The third-order valence-corrected chi connectivity index (χ3v) is 2.42. The Morgan fingerprint density at radius 2 is 1.82 bits per heavy atom. The Balaban J connectivity index is 0.000000461. The first-order valence-electron chi connectivity index (χ1n) is 4.33. The summed E-state index contributed by atoms with van der Waals surface area (Å²) in [5, 5.41) is 0. The van der Waals surface area contributed by atoms with Crippen molar-refractivity contribution < 1.29 is 8.78 Å². The lowest BCUT2D eigenvalue weighted by Crippen LogP contribution is -2.03. The summed E-state index contributed by atoms with van der Waals surface area (Å²) in [7, 11) is 0. The van der Waals surface area contributed by atoms with Gasteiger partial charge in [0.2, 0.25) is 6.43 Å². The topological polar surface area (TPSA) is 0 Å². The average Bonchev–Trinajstić information content (AvgIpc) is 2.43. The van der Waals surface area contributed by atoms with Crippen LogP contribution in [0.3, 0.4) is 0 Å². The van der Waals surface area contributed by atoms with Crippen molar-refractivity contribution in [1.82, 2.24) is 0 Å². The molecule has 2 heteroatoms. The first-order chi connectivity index (χ1) is 5.04. The van der Waals surface area contributed by atoms with Gasteiger partial charge in [0.25, 0.3) is 0 Å². The van der Waals surface area contributed by atoms with E-state index < -0.39 is 6.43 Å². The van der Waals surface area contributed by atoms with Crippen molar-refractivity contribution in [1.29, 1.82) is 0 Å². The largest absolute Gasteiger partial charge is 0.239 e. The number of hydrogen-bond donors (Lipinski definition) is 0. The molecule has 11 heavy (non-hydrogen) atoms. The summed E-state index contributed by atoms with van der Waals surface area (Å²) >= 11 is 0. The fourth-order valence-electron chi connectivity index (χ4n) is 1.28. The van der Waals surface area contributed by atoms with E-state index >= 15 is 0 Å². The van der Waals surface area contributed by atoms with Crippen LogP contribution in [0.1, 0.15) is 40.5 Å². The molecule has 2 atom stereocenters. The summed E-state index contributed by atoms with van der Waals surface area (Å²) in [6.45, 7) is 7.96. The van der Waals surface area contributed by atoms with Crippen LogP contribution in [0.15, 0.2) is 0 Å². The van der Waals surface area contributed by atoms with Crippen molar-refractivity contribution in [3.8, 4) is 0 Å². The second-order valence-electron chi connectivity index (χ2n) is 3.35. The van der Waals surface area contributed by atoms with Gasteiger partial charge in [0.15, 0.2) is 0 Å². The highest BCUT2D eigenvalue weighted by atomic mass is 19.3. The first-order valence-corrected chi connectivity index (χ1v) is 4.33. The third kappa shape index (κ3) is 3.17. The number of hydrogen-bond acceptors (Lipinski definition) is 0. The molecule has 0 saturated heterocycles. The van der Waals surface area contributed by atoms with E-state index in [1.54, 1.807) is 0 Å². The molecule has 68 valence electrons. The van der Waals surface area contributed by atoms with Crippen LogP contribution in [0, 0.1) is 11.3 Å². The summed E-state index contributed by atoms with van der Waals surface area (Å²) in [5.74, 6) is 0.520. The molecule has 0 aromatic heterocycles. The molecular formula is C9H18F2. The van der Waals surface area contributed by atoms with Gasteiger partial charge in [-0.3, -0.25) is 0 Å². The fourth-order valence-corrected chi connectivity index (χ4v) is 1.28. The van der Waals surface area contributed by atoms with Gasteiger partial charge in [0.05, 0.1) is 0 Å². The molecule has 1 fully saturated rings. The molecule has 0 radical (unpaired) electrons. The van der Waals surface area contributed by atoms with Crippen LogP contribution in [0.4, 0.5) is 8.78 Å². The smallest absolute Gasteiger partial charge is 0.211 e. The van der Waals surface area contributed by atoms with Gasteiger partial charge in [-0.1, -0.05) is 27.7 Å². The third-order valence-electron chi connectivity index (χ3n) is 2.42. The molecule has 0 amide bonds. The van der Waals surface area contributed by atoms with E-state index in [0.29, 0.717) is 5.92 Å². The van der Waals surface area contributed by atoms with E-state index in [1.165, 1.54) is 0 Å². The molecule has 0 aliphatic heterocycles. The number of alkyl halides is 2. The van der Waals surface area contributed by atoms with E-state index in [-0.39, 0.29) is 11.8 Å². The molecule has 0 nitrogen and oxygen atoms in total. The first kappa shape index (κ1) is 10.9. The van der Waals surface area contributed by atoms with E-state index in [1.807, 2.05) is 27.7 Å². The Labute approximate surface area is 68.0 Å². The van der Waals surface area contributed by atoms with Gasteiger partial charge >= 0.3 is 0 Å². The van der Waals surface area contributed by atoms with Crippen LogP contribution in [0.25, 0.3) is 0 Å². The van der Waals surface area contributed by atoms with E-state index in [9.17, 15) is 8.78 Å². The maximum atomic E-state index is 11.7. The Morgan fingerprint density at radius 1 is 1.45 bits per heavy atom. The molecule has 0 aromatic carbocycles. The molecule has 0 spiro atoms. The highest BCUT2D eigenvalue weighted by molar-refractivity contribution is 4.95. The van der Waals surface area contributed by atoms with Crippen molar-refractivity contribution in [2.24, 2.45) is 11.3 Å². The predicted octanol–water partition coefficient (Wildman–Crippen LogP) is 3.71. The number of halogens is 2. The Hall–Kier alpha value is -0.140. The zero-order valence-corrected chi connectivity index (χ0v) is 7.82. The van der Waals surface area contributed by atoms with Crippen molar-refractivity contribution in [2.45, 2.75) is 47.0 Å². The summed E-state index contributed by atoms with van der Waals surface area (Å²) in [6, 6.07) is 0. The van der Waals surface area contributed by atoms with Crippen molar-refractivity contribution in [3.05, 3.63) is 0 Å². The average molecular weight is 164 g/mol. The lowest BCUT2D eigenvalue weighted by atomic mass is 10.0. The molecule has 0 aromatic rings. The molecule has 2 unspecified atom stereocenters. The van der Waals surface area contributed by atoms with Crippen LogP contribution < -0.4 is 0 Å². The van der Waals surface area contributed by atoms with Gasteiger partial charge in [0, 0.05) is 6.42 Å². The van der Waals surface area contributed by atoms with Gasteiger partial charge in [0.1, 0.15) is 0 Å². The normalized spacial score (nSPS) is 34.6. The molecule has 1 saturated carbocycles. The minimum Gasteiger partial charge on any atom is -0.211 e. The molecular weight excluding hydrogens is 146 g/mol. The molecule has 0 N–H and O–H groups in total. The van der Waals surface area contributed by atoms with E-state index in [2.05, 4.69) is 0 Å². The molecule has 1 aliphatic rings. The maximum absolute atomic E-state index is 11.7. The SMILES string of the molecule is CC.CC1CC1(C)CC(F)F. The standard InChI is InChI=1S/C7H12F2.C2H6/c1-5-3-7(5,2)4-6(8)9;1-2/h5-6H,3-4H2,1-2H3;1-2H3. The van der Waals surface area contributed by atoms with Gasteiger partial charge in [-0.05, 0) is 17.8 Å². The van der Waals surface area contributed by atoms with Crippen LogP contribution in [-0.4, -0.2) is 6.43 Å². The lowest BCUT2D eigenvalue weighted by molar-refractivity contribution is 0.109. The van der Waals surface area contributed by atoms with Gasteiger partial charge < -0.3 is 0 Å². The Bertz CT molecular complexity index is 112. The highest BCUT2D eigenvalue weighted by Gasteiger charge is 2.47. The zero-order chi connectivity index (χ0) is 9.07. The van der Waals surface area contributed by atoms with Gasteiger partial charge in [-0.15, -0.1) is 0 Å². The Kier molecular flexibility index (Phi) is 3.98. The van der Waals surface area contributed by atoms with Crippen molar-refractivity contribution >= 4 is 0 Å². The van der Waals surface area contributed by atoms with Crippen molar-refractivity contribution in [3.63, 3.8) is 0 Å². The van der Waals surface area contributed by atoms with Gasteiger partial charge in [-0.2, -0.15) is 0 Å². The second kappa shape index (κ2) is 4.03. The summed E-state index contributed by atoms with van der Waals surface area (Å²) in [6.07, 6.45) is -1.04. The minimum absolute atomic E-state index is 0.0197. The maximum Gasteiger partial charge on any atom is 0.239 e. The number of rotatable bonds is 2. The minimum atomic E-state index is -2.11. The van der Waals surface area contributed by atoms with E-state index in [0.717, 1.165) is 6.42 Å². The van der Waals surface area contributed by atoms with Crippen LogP contribution >= 0.6 is 0 Å². The van der Waals surface area contributed by atoms with Crippen LogP contribution in [-0.2, 0) is 0 Å². The van der Waals surface area contributed by atoms with Crippen LogP contribution in [0.2, 0.25) is 0 Å². The summed E-state index contributed by atoms with van der Waals surface area (Å²) in [5.41, 5.74) is -0.0197. The molecule has 1 rings (SSSR count). The molecule has 0 heterocycles. The Morgan fingerprint density at radius 3 is 1.91 bits per heavy atom. The second-order valence-corrected chi connectivity index (χ2v) is 3.35. The molecule has 0 bridgehead atoms. The van der Waals surface area contributed by atoms with Crippen molar-refractivity contribution in [2.75, 3.05) is 0 Å². The summed E-state index contributed by atoms with van der Waals surface area (Å²) in [4.78, 5) is 0. The predicted molar refractivity (Wildman–Crippen MR) is 43.9 cm³/mol. The summed E-state index contributed by atoms with van der Waals surface area (Å²) < 4.78 is 23.5. The molecule has 1 aliphatic carbocycles. The lowest BCUT2D eigenvalue weighted by Gasteiger charge is -2.06. The van der Waals surface area contributed by atoms with Crippen LogP contribution in [0.5, 0.6) is 0 Å². The monoisotopic (exact) mass is 164 g/mol. The highest BCUT2D eigenvalue weighted by Crippen LogP contribution is 2.55. The quantitative estimate of drug-likeness (QED) is 0.583. The zero-order valence-electron chi connectivity index (χ0n) is 7.82. The van der Waals surface area contributed by atoms with Gasteiger partial charge in [-0.25, -0.2) is 8.78 Å². The van der Waals surface area contributed by atoms with E-state index in [4.69, 9.17) is 0 Å².